The minimum Gasteiger partial charge on any atom is -0.744 e. The second-order valence-electron chi connectivity index (χ2n) is 26.5. The normalized spacial score (nSPS) is 14.8. The van der Waals surface area contributed by atoms with Crippen LogP contribution in [0.25, 0.3) is 38.6 Å². The first-order chi connectivity index (χ1) is 50.3. The fraction of sp³-hybridized carbons (Fsp3) is 0.226. The van der Waals surface area contributed by atoms with E-state index >= 15 is 0 Å². The molecule has 9 aromatic carbocycles. The highest BCUT2D eigenvalue weighted by atomic mass is 32.2. The van der Waals surface area contributed by atoms with Gasteiger partial charge in [-0.1, -0.05) is 116 Å². The standard InChI is InChI=1S/C84H78N6O12S2/c1-5-85(57-37-41-65-73(51-57)101-75-53-59(39-43-67(75)79(65)69-31-15-19-35-77(69)103(95,96)97)87(71-33-17-9-25-55(71)3)47-23-49-89-81(91)61-27-11-12-28-62(61)82(89)92)45-21-7-8-22-46-86(6-2)58-38-42-66-74(52-58)102-76-54-60(40-44-68(76)80(66)70-32-16-20-36-78(70)104(98,99)100)88(72-34-18-10-26-56(72)4)48-24-50-90-83(93)63-29-13-14-30-64(63)84(90)94/h9-20,25-44,51-54,75H,5-8,21-24,45-50H2,1-4H3,(H-,95,96,97,98,99,100). The van der Waals surface area contributed by atoms with E-state index in [1.807, 2.05) is 135 Å². The van der Waals surface area contributed by atoms with Crippen molar-refractivity contribution in [1.29, 1.82) is 0 Å². The summed E-state index contributed by atoms with van der Waals surface area (Å²) in [5.41, 5.74) is 12.9. The molecule has 104 heavy (non-hydrogen) atoms. The van der Waals surface area contributed by atoms with Crippen LogP contribution in [0, 0.1) is 13.8 Å². The molecular weight excluding hydrogens is 1350 g/mol. The summed E-state index contributed by atoms with van der Waals surface area (Å²) in [6.07, 6.45) is 9.72. The summed E-state index contributed by atoms with van der Waals surface area (Å²) in [7, 11) is -9.60. The molecule has 0 bridgehead atoms. The van der Waals surface area contributed by atoms with E-state index in [0.717, 1.165) is 84.0 Å². The summed E-state index contributed by atoms with van der Waals surface area (Å²) in [5, 5.41) is 1.27. The largest absolute Gasteiger partial charge is 0.744 e. The Morgan fingerprint density at radius 1 is 0.471 bits per heavy atom. The summed E-state index contributed by atoms with van der Waals surface area (Å²) in [5.74, 6) is -0.731. The number of carbonyl (C=O) groups excluding carboxylic acids is 4. The number of rotatable bonds is 27. The zero-order valence-electron chi connectivity index (χ0n) is 58.2. The van der Waals surface area contributed by atoms with Crippen molar-refractivity contribution in [2.75, 3.05) is 72.0 Å². The van der Waals surface area contributed by atoms with Gasteiger partial charge in [0, 0.05) is 120 Å². The van der Waals surface area contributed by atoms with E-state index in [9.17, 15) is 45.1 Å². The molecule has 18 nitrogen and oxygen atoms in total. The van der Waals surface area contributed by atoms with Crippen LogP contribution in [0.1, 0.15) is 116 Å². The first kappa shape index (κ1) is 70.0. The third kappa shape index (κ3) is 13.7. The monoisotopic (exact) mass is 1430 g/mol. The van der Waals surface area contributed by atoms with Gasteiger partial charge in [0.2, 0.25) is 0 Å². The number of nitrogens with zero attached hydrogens (tertiary/aromatic N) is 6. The average molecular weight is 1430 g/mol. The number of amides is 4. The Labute approximate surface area is 605 Å². The second-order valence-corrected chi connectivity index (χ2v) is 29.2. The Hall–Kier alpha value is -11.0. The molecule has 14 rings (SSSR count). The average Bonchev–Trinajstić information content (AvgIpc) is 0.950. The van der Waals surface area contributed by atoms with Crippen molar-refractivity contribution in [3.05, 3.63) is 274 Å². The van der Waals surface area contributed by atoms with Crippen LogP contribution >= 0.6 is 0 Å². The maximum absolute atomic E-state index is 13.4. The number of anilines is 5. The second kappa shape index (κ2) is 29.4. The number of para-hydroxylation sites is 2. The van der Waals surface area contributed by atoms with Gasteiger partial charge in [0.15, 0.2) is 0 Å². The lowest BCUT2D eigenvalue weighted by Gasteiger charge is -2.35. The van der Waals surface area contributed by atoms with E-state index in [1.54, 1.807) is 84.9 Å². The predicted molar refractivity (Wildman–Crippen MR) is 406 cm³/mol. The van der Waals surface area contributed by atoms with Crippen molar-refractivity contribution in [3.8, 4) is 16.9 Å². The number of carbonyl (C=O) groups is 4. The number of aryl methyl sites for hydroxylation is 2. The Morgan fingerprint density at radius 2 is 0.923 bits per heavy atom. The number of benzene rings is 9. The van der Waals surface area contributed by atoms with Crippen LogP contribution in [0.4, 0.5) is 28.4 Å². The summed E-state index contributed by atoms with van der Waals surface area (Å²) in [6.45, 7) is 12.4. The number of ether oxygens (including phenoxy) is 1. The van der Waals surface area contributed by atoms with Crippen molar-refractivity contribution in [1.82, 2.24) is 9.80 Å². The van der Waals surface area contributed by atoms with Gasteiger partial charge < -0.3 is 28.9 Å². The minimum absolute atomic E-state index is 0.201. The number of hydrogen-bond donors (Lipinski definition) is 1. The molecule has 4 amide bonds. The molecule has 4 aliphatic rings. The first-order valence-electron chi connectivity index (χ1n) is 35.3. The van der Waals surface area contributed by atoms with Crippen LogP contribution < -0.4 is 24.3 Å². The molecule has 0 saturated carbocycles. The number of unbranched alkanes of at least 4 members (excludes halogenated alkanes) is 3. The van der Waals surface area contributed by atoms with Gasteiger partial charge in [0.25, 0.3) is 33.7 Å². The predicted octanol–water partition coefficient (Wildman–Crippen LogP) is 16.2. The van der Waals surface area contributed by atoms with Gasteiger partial charge >= 0.3 is 11.2 Å². The van der Waals surface area contributed by atoms with Crippen LogP contribution in [0.15, 0.2) is 244 Å². The van der Waals surface area contributed by atoms with Crippen molar-refractivity contribution in [3.63, 3.8) is 0 Å². The van der Waals surface area contributed by atoms with Gasteiger partial charge in [-0.3, -0.25) is 33.5 Å². The summed E-state index contributed by atoms with van der Waals surface area (Å²) >= 11 is 0. The highest BCUT2D eigenvalue weighted by molar-refractivity contribution is 7.86. The van der Waals surface area contributed by atoms with Crippen LogP contribution in [-0.4, -0.2) is 118 Å². The Kier molecular flexibility index (Phi) is 19.8. The molecule has 0 saturated heterocycles. The fourth-order valence-corrected chi connectivity index (χ4v) is 16.4. The molecule has 0 fully saturated rings. The fourth-order valence-electron chi connectivity index (χ4n) is 15.1. The number of fused-ring (bicyclic) bond motifs is 6. The molecule has 20 heteroatoms. The molecule has 528 valence electrons. The van der Waals surface area contributed by atoms with Gasteiger partial charge in [-0.2, -0.15) is 8.42 Å². The molecule has 1 N–H and O–H groups in total. The SMILES string of the molecule is CCN(CCCCCCN(CC)c1ccc2c(-c3ccccc3S(=O)(=O)O)c3ccc(N(CCCN4C(=O)c5ccccc5C4=O)c4ccccc4C)cc3[o+]c2c1)c1ccc2c(c1)OC1C=C(N(CCCN3C(=O)c4ccccc4C3=O)c3ccccc3C)C=CC1=C2c1ccccc1S(=O)(=O)[O-]. The Balaban J connectivity index is 0.690. The van der Waals surface area contributed by atoms with Crippen molar-refractivity contribution in [2.24, 2.45) is 0 Å². The third-order valence-electron chi connectivity index (χ3n) is 20.2. The molecule has 4 heterocycles. The Morgan fingerprint density at radius 3 is 1.45 bits per heavy atom. The number of imide groups is 2. The molecule has 0 spiro atoms. The molecule has 3 aliphatic heterocycles. The van der Waals surface area contributed by atoms with Gasteiger partial charge in [-0.05, 0) is 162 Å². The van der Waals surface area contributed by atoms with Crippen LogP contribution in [0.3, 0.4) is 0 Å². The van der Waals surface area contributed by atoms with E-state index in [4.69, 9.17) is 9.15 Å². The van der Waals surface area contributed by atoms with E-state index in [1.165, 1.54) is 21.9 Å². The molecule has 10 aromatic rings. The van der Waals surface area contributed by atoms with Gasteiger partial charge in [0.1, 0.15) is 26.9 Å². The highest BCUT2D eigenvalue weighted by Gasteiger charge is 2.38. The number of allylic oxidation sites excluding steroid dienone is 1. The summed E-state index contributed by atoms with van der Waals surface area (Å²) in [6, 6.07) is 60.1. The zero-order chi connectivity index (χ0) is 72.6. The summed E-state index contributed by atoms with van der Waals surface area (Å²) < 4.78 is 89.9. The minimum atomic E-state index is -4.92. The van der Waals surface area contributed by atoms with E-state index in [2.05, 4.69) is 33.4 Å². The van der Waals surface area contributed by atoms with Gasteiger partial charge in [0.05, 0.1) is 55.7 Å². The van der Waals surface area contributed by atoms with Crippen molar-refractivity contribution < 1.29 is 54.3 Å². The lowest BCUT2D eigenvalue weighted by Crippen LogP contribution is -2.34. The van der Waals surface area contributed by atoms with Gasteiger partial charge in [-0.15, -0.1) is 0 Å². The van der Waals surface area contributed by atoms with Crippen LogP contribution in [-0.2, 0) is 20.2 Å². The number of hydrogen-bond acceptors (Lipinski definition) is 14. The molecule has 0 radical (unpaired) electrons. The smallest absolute Gasteiger partial charge is 0.363 e. The highest BCUT2D eigenvalue weighted by Crippen LogP contribution is 2.47. The third-order valence-corrected chi connectivity index (χ3v) is 22.0. The summed E-state index contributed by atoms with van der Waals surface area (Å²) in [4.78, 5) is 64.6. The zero-order valence-corrected chi connectivity index (χ0v) is 59.8. The lowest BCUT2D eigenvalue weighted by molar-refractivity contribution is 0.0638. The first-order valence-corrected chi connectivity index (χ1v) is 38.1. The molecule has 1 atom stereocenters. The van der Waals surface area contributed by atoms with Crippen molar-refractivity contribution >= 4 is 99.8 Å². The van der Waals surface area contributed by atoms with E-state index in [0.29, 0.717) is 117 Å². The molecular formula is C84H78N6O12S2. The quantitative estimate of drug-likeness (QED) is 0.0166. The molecule has 1 unspecified atom stereocenters. The van der Waals surface area contributed by atoms with Crippen LogP contribution in [0.2, 0.25) is 0 Å². The van der Waals surface area contributed by atoms with E-state index in [-0.39, 0.29) is 52.1 Å². The van der Waals surface area contributed by atoms with Crippen LogP contribution in [0.5, 0.6) is 5.75 Å². The van der Waals surface area contributed by atoms with E-state index < -0.39 is 26.3 Å². The lowest BCUT2D eigenvalue weighted by atomic mass is 9.85. The molecule has 1 aliphatic carbocycles. The van der Waals surface area contributed by atoms with Gasteiger partial charge in [-0.25, -0.2) is 12.8 Å². The maximum atomic E-state index is 13.4. The van der Waals surface area contributed by atoms with Crippen molar-refractivity contribution in [2.45, 2.75) is 82.1 Å². The Bertz CT molecular complexity index is 5370. The topological polar surface area (TPSA) is 220 Å². The molecule has 1 aromatic heterocycles. The maximum Gasteiger partial charge on any atom is 0.363 e.